The van der Waals surface area contributed by atoms with Gasteiger partial charge in [0.25, 0.3) is 0 Å². The smallest absolute Gasteiger partial charge is 0.387 e. The van der Waals surface area contributed by atoms with Crippen LogP contribution < -0.4 is 9.47 Å². The molecular formula is C18H13F2NO3. The van der Waals surface area contributed by atoms with E-state index >= 15 is 0 Å². The fourth-order valence-electron chi connectivity index (χ4n) is 2.04. The molecule has 2 aromatic rings. The van der Waals surface area contributed by atoms with E-state index in [0.717, 1.165) is 0 Å². The number of ether oxygens (including phenoxy) is 2. The molecule has 0 spiro atoms. The Bertz CT molecular complexity index is 793. The summed E-state index contributed by atoms with van der Waals surface area (Å²) in [7, 11) is 1.43. The summed E-state index contributed by atoms with van der Waals surface area (Å²) in [4.78, 5) is 12.5. The van der Waals surface area contributed by atoms with Gasteiger partial charge in [-0.1, -0.05) is 24.3 Å². The van der Waals surface area contributed by atoms with Gasteiger partial charge in [-0.05, 0) is 35.9 Å². The number of allylic oxidation sites excluding steroid dienone is 1. The summed E-state index contributed by atoms with van der Waals surface area (Å²) in [6.07, 6.45) is 1.38. The van der Waals surface area contributed by atoms with Crippen molar-refractivity contribution in [1.82, 2.24) is 0 Å². The van der Waals surface area contributed by atoms with E-state index in [1.165, 1.54) is 37.5 Å². The number of methoxy groups -OCH3 is 1. The Balaban J connectivity index is 2.29. The number of nitrogens with zero attached hydrogens (tertiary/aromatic N) is 1. The highest BCUT2D eigenvalue weighted by Gasteiger charge is 2.16. The minimum Gasteiger partial charge on any atom is -0.496 e. The average molecular weight is 329 g/mol. The number of ketones is 1. The van der Waals surface area contributed by atoms with E-state index in [4.69, 9.17) is 4.74 Å². The Morgan fingerprint density at radius 3 is 2.42 bits per heavy atom. The minimum absolute atomic E-state index is 0.00304. The van der Waals surface area contributed by atoms with Crippen molar-refractivity contribution in [3.63, 3.8) is 0 Å². The first-order valence-electron chi connectivity index (χ1n) is 6.89. The number of carbonyl (C=O) groups is 1. The van der Waals surface area contributed by atoms with Crippen LogP contribution in [0.4, 0.5) is 8.78 Å². The monoisotopic (exact) mass is 329 g/mol. The SMILES string of the molecule is COc1ccccc1C(=O)/C(C#N)=C/c1ccc(OC(F)F)cc1. The molecule has 0 aliphatic rings. The average Bonchev–Trinajstić information content (AvgIpc) is 2.60. The zero-order valence-electron chi connectivity index (χ0n) is 12.7. The molecule has 122 valence electrons. The highest BCUT2D eigenvalue weighted by molar-refractivity contribution is 6.15. The Hall–Kier alpha value is -3.20. The number of Topliss-reactive ketones (excluding diaryl/α,β-unsaturated/α-hetero) is 1. The molecule has 0 unspecified atom stereocenters. The minimum atomic E-state index is -2.91. The Morgan fingerprint density at radius 1 is 1.17 bits per heavy atom. The summed E-state index contributed by atoms with van der Waals surface area (Å²) in [5.74, 6) is -0.121. The largest absolute Gasteiger partial charge is 0.496 e. The van der Waals surface area contributed by atoms with Gasteiger partial charge >= 0.3 is 6.61 Å². The molecule has 0 heterocycles. The molecule has 0 amide bonds. The molecule has 0 aliphatic carbocycles. The molecule has 4 nitrogen and oxygen atoms in total. The number of hydrogen-bond donors (Lipinski definition) is 0. The normalized spacial score (nSPS) is 11.0. The lowest BCUT2D eigenvalue weighted by Crippen LogP contribution is -2.04. The van der Waals surface area contributed by atoms with Gasteiger partial charge in [-0.2, -0.15) is 14.0 Å². The second-order valence-electron chi connectivity index (χ2n) is 4.65. The molecule has 24 heavy (non-hydrogen) atoms. The molecule has 0 aliphatic heterocycles. The van der Waals surface area contributed by atoms with Crippen molar-refractivity contribution in [1.29, 1.82) is 5.26 Å². The van der Waals surface area contributed by atoms with Crippen molar-refractivity contribution in [2.75, 3.05) is 7.11 Å². The van der Waals surface area contributed by atoms with E-state index in [1.54, 1.807) is 24.3 Å². The third-order valence-electron chi connectivity index (χ3n) is 3.13. The first-order chi connectivity index (χ1) is 11.5. The molecule has 0 fully saturated rings. The molecule has 6 heteroatoms. The number of para-hydroxylation sites is 1. The van der Waals surface area contributed by atoms with Gasteiger partial charge in [-0.3, -0.25) is 4.79 Å². The summed E-state index contributed by atoms with van der Waals surface area (Å²) in [6, 6.07) is 14.0. The van der Waals surface area contributed by atoms with E-state index in [9.17, 15) is 18.8 Å². The van der Waals surface area contributed by atoms with Gasteiger partial charge in [0.05, 0.1) is 12.7 Å². The van der Waals surface area contributed by atoms with Gasteiger partial charge in [0, 0.05) is 0 Å². The number of halogens is 2. The molecule has 2 rings (SSSR count). The van der Waals surface area contributed by atoms with Crippen LogP contribution in [0.1, 0.15) is 15.9 Å². The lowest BCUT2D eigenvalue weighted by atomic mass is 10.0. The van der Waals surface area contributed by atoms with Crippen LogP contribution in [-0.2, 0) is 0 Å². The molecule has 0 N–H and O–H groups in total. The lowest BCUT2D eigenvalue weighted by Gasteiger charge is -2.07. The Kier molecular flexibility index (Phi) is 5.63. The summed E-state index contributed by atoms with van der Waals surface area (Å²) < 4.78 is 33.6. The van der Waals surface area contributed by atoms with Gasteiger partial charge < -0.3 is 9.47 Å². The van der Waals surface area contributed by atoms with Crippen LogP contribution in [-0.4, -0.2) is 19.5 Å². The third-order valence-corrected chi connectivity index (χ3v) is 3.13. The van der Waals surface area contributed by atoms with Crippen LogP contribution in [0.3, 0.4) is 0 Å². The van der Waals surface area contributed by atoms with Gasteiger partial charge in [0.15, 0.2) is 0 Å². The topological polar surface area (TPSA) is 59.3 Å². The van der Waals surface area contributed by atoms with Crippen LogP contribution >= 0.6 is 0 Å². The van der Waals surface area contributed by atoms with Crippen LogP contribution in [0.15, 0.2) is 54.1 Å². The quantitative estimate of drug-likeness (QED) is 0.455. The molecular weight excluding hydrogens is 316 g/mol. The molecule has 0 atom stereocenters. The van der Waals surface area contributed by atoms with Crippen molar-refractivity contribution < 1.29 is 23.0 Å². The van der Waals surface area contributed by atoms with Gasteiger partial charge in [0.1, 0.15) is 23.1 Å². The van der Waals surface area contributed by atoms with Crippen molar-refractivity contribution in [3.05, 3.63) is 65.2 Å². The zero-order valence-corrected chi connectivity index (χ0v) is 12.7. The van der Waals surface area contributed by atoms with E-state index in [-0.39, 0.29) is 16.9 Å². The maximum Gasteiger partial charge on any atom is 0.387 e. The van der Waals surface area contributed by atoms with E-state index < -0.39 is 12.4 Å². The fraction of sp³-hybridized carbons (Fsp3) is 0.111. The van der Waals surface area contributed by atoms with Crippen LogP contribution in [0, 0.1) is 11.3 Å². The molecule has 0 saturated carbocycles. The number of nitriles is 1. The second-order valence-corrected chi connectivity index (χ2v) is 4.65. The highest BCUT2D eigenvalue weighted by atomic mass is 19.3. The van der Waals surface area contributed by atoms with Gasteiger partial charge in [-0.15, -0.1) is 0 Å². The summed E-state index contributed by atoms with van der Waals surface area (Å²) in [5, 5.41) is 9.25. The van der Waals surface area contributed by atoms with E-state index in [1.807, 2.05) is 6.07 Å². The number of benzene rings is 2. The van der Waals surface area contributed by atoms with Crippen molar-refractivity contribution in [2.24, 2.45) is 0 Å². The first-order valence-corrected chi connectivity index (χ1v) is 6.89. The zero-order chi connectivity index (χ0) is 17.5. The molecule has 0 aromatic heterocycles. The standard InChI is InChI=1S/C18H13F2NO3/c1-23-16-5-3-2-4-15(16)17(22)13(11-21)10-12-6-8-14(9-7-12)24-18(19)20/h2-10,18H,1H3/b13-10+. The van der Waals surface area contributed by atoms with E-state index in [2.05, 4.69) is 4.74 Å². The second kappa shape index (κ2) is 7.88. The maximum absolute atomic E-state index is 12.5. The predicted molar refractivity (Wildman–Crippen MR) is 84.0 cm³/mol. The van der Waals surface area contributed by atoms with Crippen LogP contribution in [0.25, 0.3) is 6.08 Å². The summed E-state index contributed by atoms with van der Waals surface area (Å²) in [6.45, 7) is -2.91. The molecule has 0 radical (unpaired) electrons. The summed E-state index contributed by atoms with van der Waals surface area (Å²) >= 11 is 0. The van der Waals surface area contributed by atoms with E-state index in [0.29, 0.717) is 11.3 Å². The fourth-order valence-corrected chi connectivity index (χ4v) is 2.04. The highest BCUT2D eigenvalue weighted by Crippen LogP contribution is 2.22. The van der Waals surface area contributed by atoms with Crippen LogP contribution in [0.5, 0.6) is 11.5 Å². The number of hydrogen-bond acceptors (Lipinski definition) is 4. The molecule has 2 aromatic carbocycles. The van der Waals surface area contributed by atoms with Crippen LogP contribution in [0.2, 0.25) is 0 Å². The third kappa shape index (κ3) is 4.17. The predicted octanol–water partition coefficient (Wildman–Crippen LogP) is 4.09. The maximum atomic E-state index is 12.5. The van der Waals surface area contributed by atoms with Crippen molar-refractivity contribution >= 4 is 11.9 Å². The van der Waals surface area contributed by atoms with Gasteiger partial charge in [0.2, 0.25) is 5.78 Å². The molecule has 0 saturated heterocycles. The first kappa shape index (κ1) is 17.2. The van der Waals surface area contributed by atoms with Gasteiger partial charge in [-0.25, -0.2) is 0 Å². The number of rotatable bonds is 6. The van der Waals surface area contributed by atoms with Crippen molar-refractivity contribution in [2.45, 2.75) is 6.61 Å². The Morgan fingerprint density at radius 2 is 1.83 bits per heavy atom. The number of alkyl halides is 2. The van der Waals surface area contributed by atoms with Crippen molar-refractivity contribution in [3.8, 4) is 17.6 Å². The lowest BCUT2D eigenvalue weighted by molar-refractivity contribution is -0.0498. The Labute approximate surface area is 137 Å². The molecule has 0 bridgehead atoms. The summed E-state index contributed by atoms with van der Waals surface area (Å²) in [5.41, 5.74) is 0.684. The number of carbonyl (C=O) groups excluding carboxylic acids is 1.